The van der Waals surface area contributed by atoms with Crippen LogP contribution in [0, 0.1) is 0 Å². The van der Waals surface area contributed by atoms with Crippen LogP contribution < -0.4 is 0 Å². The van der Waals surface area contributed by atoms with Crippen molar-refractivity contribution in [2.45, 2.75) is 75.5 Å². The molecule has 2 aromatic rings. The second-order valence-corrected chi connectivity index (χ2v) is 7.93. The fourth-order valence-corrected chi connectivity index (χ4v) is 5.33. The Balaban J connectivity index is 1.81. The SMILES string of the molecule is c1ccc(C2(c3ccccc3C3CCCCC3)CCCCC2)cc1. The Labute approximate surface area is 147 Å². The molecule has 2 aliphatic carbocycles. The van der Waals surface area contributed by atoms with Crippen molar-refractivity contribution in [1.82, 2.24) is 0 Å². The van der Waals surface area contributed by atoms with E-state index in [4.69, 9.17) is 0 Å². The van der Waals surface area contributed by atoms with E-state index >= 15 is 0 Å². The number of rotatable bonds is 3. The molecule has 0 saturated heterocycles. The van der Waals surface area contributed by atoms with Gasteiger partial charge in [-0.3, -0.25) is 0 Å². The van der Waals surface area contributed by atoms with E-state index in [1.54, 1.807) is 16.7 Å². The molecule has 0 aliphatic heterocycles. The molecular weight excluding hydrogens is 288 g/mol. The van der Waals surface area contributed by atoms with Crippen LogP contribution in [-0.2, 0) is 5.41 Å². The molecule has 126 valence electrons. The first kappa shape index (κ1) is 15.9. The molecule has 4 rings (SSSR count). The summed E-state index contributed by atoms with van der Waals surface area (Å²) >= 11 is 0. The van der Waals surface area contributed by atoms with E-state index in [0.717, 1.165) is 5.92 Å². The number of benzene rings is 2. The summed E-state index contributed by atoms with van der Waals surface area (Å²) in [5.41, 5.74) is 5.13. The third-order valence-electron chi connectivity index (χ3n) is 6.55. The van der Waals surface area contributed by atoms with E-state index in [2.05, 4.69) is 54.6 Å². The Hall–Kier alpha value is -1.56. The summed E-state index contributed by atoms with van der Waals surface area (Å²) in [7, 11) is 0. The maximum absolute atomic E-state index is 2.46. The highest BCUT2D eigenvalue weighted by Crippen LogP contribution is 2.48. The normalized spacial score (nSPS) is 21.5. The zero-order valence-corrected chi connectivity index (χ0v) is 14.8. The third kappa shape index (κ3) is 2.92. The molecule has 2 aliphatic rings. The summed E-state index contributed by atoms with van der Waals surface area (Å²) in [6.45, 7) is 0. The fraction of sp³-hybridized carbons (Fsp3) is 0.500. The van der Waals surface area contributed by atoms with E-state index < -0.39 is 0 Å². The van der Waals surface area contributed by atoms with Gasteiger partial charge in [0.1, 0.15) is 0 Å². The van der Waals surface area contributed by atoms with Crippen LogP contribution in [-0.4, -0.2) is 0 Å². The number of hydrogen-bond acceptors (Lipinski definition) is 0. The minimum atomic E-state index is 0.257. The standard InChI is InChI=1S/C24H30/c1-4-12-20(13-5-1)22-16-8-9-17-23(22)24(18-10-3-11-19-24)21-14-6-2-7-15-21/h2,6-9,14-17,20H,1,3-5,10-13,18-19H2. The molecule has 2 aromatic carbocycles. The molecule has 0 radical (unpaired) electrons. The van der Waals surface area contributed by atoms with Gasteiger partial charge in [-0.15, -0.1) is 0 Å². The van der Waals surface area contributed by atoms with Crippen LogP contribution in [0.3, 0.4) is 0 Å². The van der Waals surface area contributed by atoms with Crippen molar-refractivity contribution >= 4 is 0 Å². The minimum absolute atomic E-state index is 0.257. The van der Waals surface area contributed by atoms with Gasteiger partial charge in [-0.1, -0.05) is 93.1 Å². The molecule has 0 unspecified atom stereocenters. The van der Waals surface area contributed by atoms with Crippen molar-refractivity contribution in [3.05, 3.63) is 71.3 Å². The minimum Gasteiger partial charge on any atom is -0.0622 e. The molecule has 0 atom stereocenters. The average Bonchev–Trinajstić information content (AvgIpc) is 2.70. The first-order valence-electron chi connectivity index (χ1n) is 10.1. The van der Waals surface area contributed by atoms with Crippen molar-refractivity contribution in [1.29, 1.82) is 0 Å². The molecule has 0 N–H and O–H groups in total. The molecule has 2 saturated carbocycles. The van der Waals surface area contributed by atoms with Crippen LogP contribution in [0.25, 0.3) is 0 Å². The summed E-state index contributed by atoms with van der Waals surface area (Å²) < 4.78 is 0. The van der Waals surface area contributed by atoms with Crippen LogP contribution in [0.5, 0.6) is 0 Å². The summed E-state index contributed by atoms with van der Waals surface area (Å²) in [6.07, 6.45) is 13.8. The largest absolute Gasteiger partial charge is 0.0622 e. The van der Waals surface area contributed by atoms with Crippen LogP contribution in [0.4, 0.5) is 0 Å². The quantitative estimate of drug-likeness (QED) is 0.572. The van der Waals surface area contributed by atoms with Gasteiger partial charge in [0, 0.05) is 5.41 Å². The van der Waals surface area contributed by atoms with Gasteiger partial charge < -0.3 is 0 Å². The Morgan fingerprint density at radius 3 is 2.00 bits per heavy atom. The van der Waals surface area contributed by atoms with Crippen molar-refractivity contribution < 1.29 is 0 Å². The van der Waals surface area contributed by atoms with E-state index in [1.807, 2.05) is 0 Å². The molecule has 0 spiro atoms. The Morgan fingerprint density at radius 2 is 1.25 bits per heavy atom. The van der Waals surface area contributed by atoms with Gasteiger partial charge in [-0.25, -0.2) is 0 Å². The highest BCUT2D eigenvalue weighted by atomic mass is 14.4. The van der Waals surface area contributed by atoms with Gasteiger partial charge in [-0.2, -0.15) is 0 Å². The molecular formula is C24H30. The molecule has 0 aromatic heterocycles. The van der Waals surface area contributed by atoms with E-state index in [1.165, 1.54) is 64.2 Å². The Morgan fingerprint density at radius 1 is 0.625 bits per heavy atom. The second kappa shape index (κ2) is 7.13. The Bertz CT molecular complexity index is 643. The predicted molar refractivity (Wildman–Crippen MR) is 103 cm³/mol. The highest BCUT2D eigenvalue weighted by Gasteiger charge is 2.38. The van der Waals surface area contributed by atoms with E-state index in [9.17, 15) is 0 Å². The van der Waals surface area contributed by atoms with Gasteiger partial charge in [0.2, 0.25) is 0 Å². The zero-order valence-electron chi connectivity index (χ0n) is 14.8. The zero-order chi connectivity index (χ0) is 16.2. The molecule has 2 fully saturated rings. The first-order chi connectivity index (χ1) is 11.9. The summed E-state index contributed by atoms with van der Waals surface area (Å²) in [6, 6.07) is 20.8. The van der Waals surface area contributed by atoms with Crippen molar-refractivity contribution in [3.8, 4) is 0 Å². The summed E-state index contributed by atoms with van der Waals surface area (Å²) in [4.78, 5) is 0. The van der Waals surface area contributed by atoms with Crippen molar-refractivity contribution in [3.63, 3.8) is 0 Å². The van der Waals surface area contributed by atoms with Crippen LogP contribution in [0.15, 0.2) is 54.6 Å². The molecule has 0 heteroatoms. The van der Waals surface area contributed by atoms with Gasteiger partial charge in [0.25, 0.3) is 0 Å². The molecule has 0 nitrogen and oxygen atoms in total. The maximum atomic E-state index is 2.46. The van der Waals surface area contributed by atoms with Crippen LogP contribution in [0.1, 0.15) is 86.8 Å². The Kier molecular flexibility index (Phi) is 4.74. The van der Waals surface area contributed by atoms with E-state index in [0.29, 0.717) is 0 Å². The fourth-order valence-electron chi connectivity index (χ4n) is 5.33. The lowest BCUT2D eigenvalue weighted by Crippen LogP contribution is -2.32. The molecule has 0 bridgehead atoms. The third-order valence-corrected chi connectivity index (χ3v) is 6.55. The van der Waals surface area contributed by atoms with Gasteiger partial charge >= 0.3 is 0 Å². The lowest BCUT2D eigenvalue weighted by Gasteiger charge is -2.41. The lowest BCUT2D eigenvalue weighted by molar-refractivity contribution is 0.339. The van der Waals surface area contributed by atoms with E-state index in [-0.39, 0.29) is 5.41 Å². The number of hydrogen-bond donors (Lipinski definition) is 0. The first-order valence-corrected chi connectivity index (χ1v) is 10.1. The van der Waals surface area contributed by atoms with Gasteiger partial charge in [0.15, 0.2) is 0 Å². The second-order valence-electron chi connectivity index (χ2n) is 7.93. The molecule has 0 heterocycles. The van der Waals surface area contributed by atoms with Crippen molar-refractivity contribution in [2.24, 2.45) is 0 Å². The topological polar surface area (TPSA) is 0 Å². The van der Waals surface area contributed by atoms with Crippen molar-refractivity contribution in [2.75, 3.05) is 0 Å². The highest BCUT2D eigenvalue weighted by molar-refractivity contribution is 5.45. The monoisotopic (exact) mass is 318 g/mol. The van der Waals surface area contributed by atoms with Crippen LogP contribution >= 0.6 is 0 Å². The summed E-state index contributed by atoms with van der Waals surface area (Å²) in [5.74, 6) is 0.789. The average molecular weight is 319 g/mol. The smallest absolute Gasteiger partial charge is 0.0205 e. The molecule has 0 amide bonds. The van der Waals surface area contributed by atoms with Gasteiger partial charge in [0.05, 0.1) is 0 Å². The molecule has 24 heavy (non-hydrogen) atoms. The predicted octanol–water partition coefficient (Wildman–Crippen LogP) is 6.98. The van der Waals surface area contributed by atoms with Gasteiger partial charge in [-0.05, 0) is 48.3 Å². The van der Waals surface area contributed by atoms with Crippen LogP contribution in [0.2, 0.25) is 0 Å². The lowest BCUT2D eigenvalue weighted by atomic mass is 9.62. The maximum Gasteiger partial charge on any atom is 0.0205 e. The summed E-state index contributed by atoms with van der Waals surface area (Å²) in [5, 5.41) is 0.